The summed E-state index contributed by atoms with van der Waals surface area (Å²) in [5.41, 5.74) is 16.3. The van der Waals surface area contributed by atoms with Crippen LogP contribution in [-0.2, 0) is 0 Å². The Morgan fingerprint density at radius 3 is 2.27 bits per heavy atom. The summed E-state index contributed by atoms with van der Waals surface area (Å²) < 4.78 is 4.96. The fraction of sp³-hybridized carbons (Fsp3) is 0.333. The number of nitrogen functional groups attached to an aromatic ring is 3. The Balaban J connectivity index is 0. The number of aromatic nitrogens is 2. The van der Waals surface area contributed by atoms with E-state index in [1.165, 1.54) is 0 Å². The third-order valence-electron chi connectivity index (χ3n) is 1.29. The quantitative estimate of drug-likeness (QED) is 0.570. The summed E-state index contributed by atoms with van der Waals surface area (Å²) in [5, 5.41) is 8.49. The highest BCUT2D eigenvalue weighted by atomic mass is 35.5. The van der Waals surface area contributed by atoms with Gasteiger partial charge < -0.3 is 27.0 Å². The molecule has 0 spiro atoms. The lowest BCUT2D eigenvalue weighted by atomic mass is 10.5. The van der Waals surface area contributed by atoms with Crippen LogP contribution in [-0.4, -0.2) is 28.3 Å². The Morgan fingerprint density at radius 1 is 1.13 bits per heavy atom. The zero-order chi connectivity index (χ0) is 9.84. The maximum atomic E-state index is 8.49. The van der Waals surface area contributed by atoms with Crippen LogP contribution in [0.5, 0.6) is 5.88 Å². The molecule has 0 saturated heterocycles. The van der Waals surface area contributed by atoms with Crippen LogP contribution < -0.4 is 21.9 Å². The third-order valence-corrected chi connectivity index (χ3v) is 1.29. The Labute approximate surface area is 98.8 Å². The first-order chi connectivity index (χ1) is 6.15. The number of aliphatic hydroxyl groups is 1. The van der Waals surface area contributed by atoms with Crippen molar-refractivity contribution >= 4 is 42.3 Å². The van der Waals surface area contributed by atoms with Crippen molar-refractivity contribution in [1.29, 1.82) is 0 Å². The molecule has 7 nitrogen and oxygen atoms in total. The minimum atomic E-state index is -0.136. The van der Waals surface area contributed by atoms with E-state index >= 15 is 0 Å². The number of hydrogen-bond donors (Lipinski definition) is 4. The van der Waals surface area contributed by atoms with Crippen LogP contribution in [0.3, 0.4) is 0 Å². The number of nitrogens with two attached hydrogens (primary N) is 3. The maximum Gasteiger partial charge on any atom is 0.244 e. The smallest absolute Gasteiger partial charge is 0.244 e. The summed E-state index contributed by atoms with van der Waals surface area (Å²) in [6.45, 7) is -0.0522. The van der Waals surface area contributed by atoms with Crippen LogP contribution in [0.4, 0.5) is 17.5 Å². The molecule has 0 amide bonds. The molecule has 7 N–H and O–H groups in total. The lowest BCUT2D eigenvalue weighted by molar-refractivity contribution is 0.197. The second-order valence-corrected chi connectivity index (χ2v) is 2.26. The van der Waals surface area contributed by atoms with Crippen molar-refractivity contribution in [3.05, 3.63) is 0 Å². The highest BCUT2D eigenvalue weighted by molar-refractivity contribution is 5.85. The molecule has 0 bridgehead atoms. The fourth-order valence-corrected chi connectivity index (χ4v) is 0.735. The van der Waals surface area contributed by atoms with Crippen LogP contribution in [0.15, 0.2) is 0 Å². The third kappa shape index (κ3) is 4.24. The molecule has 1 rings (SSSR count). The van der Waals surface area contributed by atoms with Gasteiger partial charge in [0.25, 0.3) is 0 Å². The molecule has 0 aromatic carbocycles. The van der Waals surface area contributed by atoms with Crippen molar-refractivity contribution < 1.29 is 9.84 Å². The normalized spacial score (nSPS) is 8.60. The molecule has 0 unspecified atom stereocenters. The number of ether oxygens (including phenoxy) is 1. The first kappa shape index (κ1) is 16.3. The Kier molecular flexibility index (Phi) is 7.76. The topological polar surface area (TPSA) is 133 Å². The number of nitrogens with zero attached hydrogens (tertiary/aromatic N) is 2. The van der Waals surface area contributed by atoms with E-state index in [9.17, 15) is 0 Å². The molecule has 0 aliphatic carbocycles. The van der Waals surface area contributed by atoms with Crippen molar-refractivity contribution in [3.63, 3.8) is 0 Å². The SMILES string of the molecule is Cl.Cl.Nc1nc(N)c(N)c(OCCO)n1. The van der Waals surface area contributed by atoms with Gasteiger partial charge in [0.05, 0.1) is 6.61 Å². The first-order valence-corrected chi connectivity index (χ1v) is 3.57. The van der Waals surface area contributed by atoms with Crippen molar-refractivity contribution in [2.75, 3.05) is 30.4 Å². The van der Waals surface area contributed by atoms with Gasteiger partial charge in [0, 0.05) is 0 Å². The molecular weight excluding hydrogens is 245 g/mol. The zero-order valence-corrected chi connectivity index (χ0v) is 9.35. The molecule has 0 saturated carbocycles. The van der Waals surface area contributed by atoms with Crippen LogP contribution in [0, 0.1) is 0 Å². The van der Waals surface area contributed by atoms with Crippen molar-refractivity contribution in [2.45, 2.75) is 0 Å². The van der Waals surface area contributed by atoms with E-state index in [4.69, 9.17) is 27.0 Å². The minimum absolute atomic E-state index is 0. The van der Waals surface area contributed by atoms with Crippen LogP contribution >= 0.6 is 24.8 Å². The molecule has 9 heteroatoms. The van der Waals surface area contributed by atoms with Gasteiger partial charge in [-0.1, -0.05) is 0 Å². The standard InChI is InChI=1S/C6H11N5O2.2ClH/c7-3-4(8)10-6(9)11-5(3)13-2-1-12;;/h12H,1-2,7H2,(H4,8,9,10,11);2*1H. The Morgan fingerprint density at radius 2 is 1.73 bits per heavy atom. The summed E-state index contributed by atoms with van der Waals surface area (Å²) in [6.07, 6.45) is 0. The minimum Gasteiger partial charge on any atom is -0.474 e. The maximum absolute atomic E-state index is 8.49. The highest BCUT2D eigenvalue weighted by Gasteiger charge is 2.08. The fourth-order valence-electron chi connectivity index (χ4n) is 0.735. The van der Waals surface area contributed by atoms with Gasteiger partial charge in [0.2, 0.25) is 11.8 Å². The molecule has 1 heterocycles. The van der Waals surface area contributed by atoms with Crippen molar-refractivity contribution in [2.24, 2.45) is 0 Å². The molecule has 0 atom stereocenters. The van der Waals surface area contributed by atoms with Crippen LogP contribution in [0.2, 0.25) is 0 Å². The van der Waals surface area contributed by atoms with Gasteiger partial charge in [0.15, 0.2) is 5.82 Å². The van der Waals surface area contributed by atoms with Gasteiger partial charge in [0.1, 0.15) is 12.3 Å². The monoisotopic (exact) mass is 257 g/mol. The summed E-state index contributed by atoms with van der Waals surface area (Å²) in [6, 6.07) is 0. The van der Waals surface area contributed by atoms with E-state index in [2.05, 4.69) is 9.97 Å². The second kappa shape index (κ2) is 7.16. The first-order valence-electron chi connectivity index (χ1n) is 3.57. The van der Waals surface area contributed by atoms with E-state index < -0.39 is 0 Å². The second-order valence-electron chi connectivity index (χ2n) is 2.26. The van der Waals surface area contributed by atoms with Crippen molar-refractivity contribution in [3.8, 4) is 5.88 Å². The number of halogens is 2. The van der Waals surface area contributed by atoms with E-state index in [1.807, 2.05) is 0 Å². The van der Waals surface area contributed by atoms with Gasteiger partial charge in [-0.05, 0) is 0 Å². The predicted molar refractivity (Wildman–Crippen MR) is 62.3 cm³/mol. The lowest BCUT2D eigenvalue weighted by Crippen LogP contribution is -2.10. The molecular formula is C6H13Cl2N5O2. The highest BCUT2D eigenvalue weighted by Crippen LogP contribution is 2.23. The summed E-state index contributed by atoms with van der Waals surface area (Å²) in [5.74, 6) is 0.152. The van der Waals surface area contributed by atoms with Crippen LogP contribution in [0.25, 0.3) is 0 Å². The molecule has 0 fully saturated rings. The summed E-state index contributed by atoms with van der Waals surface area (Å²) in [4.78, 5) is 7.32. The Hall–Kier alpha value is -1.18. The Bertz CT molecular complexity index is 312. The largest absolute Gasteiger partial charge is 0.474 e. The van der Waals surface area contributed by atoms with Gasteiger partial charge >= 0.3 is 0 Å². The van der Waals surface area contributed by atoms with E-state index in [-0.39, 0.29) is 61.4 Å². The average Bonchev–Trinajstić information content (AvgIpc) is 2.09. The van der Waals surface area contributed by atoms with E-state index in [1.54, 1.807) is 0 Å². The molecule has 1 aromatic rings. The van der Waals surface area contributed by atoms with Gasteiger partial charge in [-0.3, -0.25) is 0 Å². The number of aliphatic hydroxyl groups excluding tert-OH is 1. The molecule has 15 heavy (non-hydrogen) atoms. The molecule has 1 aromatic heterocycles. The van der Waals surface area contributed by atoms with Crippen LogP contribution in [0.1, 0.15) is 0 Å². The van der Waals surface area contributed by atoms with Gasteiger partial charge in [-0.25, -0.2) is 0 Å². The average molecular weight is 258 g/mol. The van der Waals surface area contributed by atoms with Crippen molar-refractivity contribution in [1.82, 2.24) is 9.97 Å². The van der Waals surface area contributed by atoms with E-state index in [0.29, 0.717) is 0 Å². The molecule has 0 aliphatic rings. The number of hydrogen-bond acceptors (Lipinski definition) is 7. The predicted octanol–water partition coefficient (Wildman–Crippen LogP) is -0.562. The van der Waals surface area contributed by atoms with Gasteiger partial charge in [-0.15, -0.1) is 24.8 Å². The number of rotatable bonds is 3. The molecule has 0 radical (unpaired) electrons. The summed E-state index contributed by atoms with van der Waals surface area (Å²) in [7, 11) is 0. The molecule has 88 valence electrons. The van der Waals surface area contributed by atoms with Gasteiger partial charge in [-0.2, -0.15) is 9.97 Å². The zero-order valence-electron chi connectivity index (χ0n) is 7.71. The van der Waals surface area contributed by atoms with E-state index in [0.717, 1.165) is 0 Å². The lowest BCUT2D eigenvalue weighted by Gasteiger charge is -2.07. The summed E-state index contributed by atoms with van der Waals surface area (Å²) >= 11 is 0. The number of anilines is 3. The molecule has 0 aliphatic heterocycles.